The highest BCUT2D eigenvalue weighted by molar-refractivity contribution is 7.99. The molecule has 1 aromatic carbocycles. The second kappa shape index (κ2) is 8.19. The number of carbonyl (C=O) groups is 1. The summed E-state index contributed by atoms with van der Waals surface area (Å²) < 4.78 is 30.2. The summed E-state index contributed by atoms with van der Waals surface area (Å²) in [5.41, 5.74) is 2.08. The number of benzene rings is 1. The molecule has 8 nitrogen and oxygen atoms in total. The van der Waals surface area contributed by atoms with Crippen molar-refractivity contribution in [3.8, 4) is 11.4 Å². The molecule has 148 valence electrons. The second-order valence-electron chi connectivity index (χ2n) is 6.15. The first-order chi connectivity index (χ1) is 13.3. The molecule has 0 spiro atoms. The van der Waals surface area contributed by atoms with Gasteiger partial charge in [-0.05, 0) is 43.7 Å². The van der Waals surface area contributed by atoms with E-state index in [1.807, 2.05) is 11.5 Å². The average molecular weight is 421 g/mol. The highest BCUT2D eigenvalue weighted by Gasteiger charge is 2.16. The maximum Gasteiger partial charge on any atom is 0.234 e. The Balaban J connectivity index is 1.67. The van der Waals surface area contributed by atoms with Gasteiger partial charge in [0.25, 0.3) is 0 Å². The number of aryl methyl sites for hydroxylation is 1. The number of hydrogen-bond acceptors (Lipinski definition) is 7. The Labute approximate surface area is 167 Å². The largest absolute Gasteiger partial charge is 0.472 e. The summed E-state index contributed by atoms with van der Waals surface area (Å²) in [4.78, 5) is 12.6. The van der Waals surface area contributed by atoms with E-state index in [4.69, 9.17) is 4.42 Å². The topological polar surface area (TPSA) is 107 Å². The zero-order valence-corrected chi connectivity index (χ0v) is 17.3. The number of hydrogen-bond donors (Lipinski definition) is 1. The van der Waals surface area contributed by atoms with Crippen LogP contribution in [0.2, 0.25) is 0 Å². The molecule has 10 heteroatoms. The van der Waals surface area contributed by atoms with Gasteiger partial charge in [0, 0.05) is 18.5 Å². The van der Waals surface area contributed by atoms with Crippen LogP contribution < -0.4 is 5.32 Å². The first kappa shape index (κ1) is 20.2. The number of nitrogens with zero attached hydrogens (tertiary/aromatic N) is 3. The smallest absolute Gasteiger partial charge is 0.234 e. The van der Waals surface area contributed by atoms with Crippen molar-refractivity contribution in [2.45, 2.75) is 30.4 Å². The molecule has 1 N–H and O–H groups in total. The molecule has 0 radical (unpaired) electrons. The summed E-state index contributed by atoms with van der Waals surface area (Å²) in [7, 11) is -3.28. The summed E-state index contributed by atoms with van der Waals surface area (Å²) in [6.45, 7) is 4.38. The number of thioether (sulfide) groups is 1. The lowest BCUT2D eigenvalue weighted by molar-refractivity contribution is -0.113. The molecule has 0 aliphatic rings. The lowest BCUT2D eigenvalue weighted by atomic mass is 10.2. The van der Waals surface area contributed by atoms with Crippen LogP contribution in [0.4, 0.5) is 5.69 Å². The molecule has 0 aliphatic heterocycles. The van der Waals surface area contributed by atoms with Crippen LogP contribution in [0.25, 0.3) is 11.4 Å². The third kappa shape index (κ3) is 4.45. The normalized spacial score (nSPS) is 11.5. The summed E-state index contributed by atoms with van der Waals surface area (Å²) in [6, 6.07) is 6.43. The molecule has 1 amide bonds. The summed E-state index contributed by atoms with van der Waals surface area (Å²) >= 11 is 1.28. The Morgan fingerprint density at radius 3 is 2.68 bits per heavy atom. The predicted octanol–water partition coefficient (Wildman–Crippen LogP) is 3.00. The van der Waals surface area contributed by atoms with Crippen molar-refractivity contribution >= 4 is 33.2 Å². The predicted molar refractivity (Wildman–Crippen MR) is 107 cm³/mol. The van der Waals surface area contributed by atoms with Crippen LogP contribution in [-0.2, 0) is 21.2 Å². The van der Waals surface area contributed by atoms with E-state index in [2.05, 4.69) is 15.5 Å². The van der Waals surface area contributed by atoms with Gasteiger partial charge >= 0.3 is 0 Å². The van der Waals surface area contributed by atoms with E-state index >= 15 is 0 Å². The number of furan rings is 1. The van der Waals surface area contributed by atoms with Crippen molar-refractivity contribution < 1.29 is 17.6 Å². The zero-order valence-electron chi connectivity index (χ0n) is 15.7. The van der Waals surface area contributed by atoms with Crippen LogP contribution in [0.5, 0.6) is 0 Å². The van der Waals surface area contributed by atoms with Gasteiger partial charge in [-0.2, -0.15) is 0 Å². The van der Waals surface area contributed by atoms with Gasteiger partial charge in [-0.3, -0.25) is 4.79 Å². The van der Waals surface area contributed by atoms with Crippen molar-refractivity contribution in [3.63, 3.8) is 0 Å². The Kier molecular flexibility index (Phi) is 5.90. The molecule has 0 unspecified atom stereocenters. The van der Waals surface area contributed by atoms with E-state index in [9.17, 15) is 13.2 Å². The fourth-order valence-corrected chi connectivity index (χ4v) is 4.12. The summed E-state index contributed by atoms with van der Waals surface area (Å²) in [5.74, 6) is 0.624. The highest BCUT2D eigenvalue weighted by Crippen LogP contribution is 2.25. The minimum absolute atomic E-state index is 0.150. The van der Waals surface area contributed by atoms with Gasteiger partial charge in [-0.25, -0.2) is 8.42 Å². The number of nitrogens with one attached hydrogen (secondary N) is 1. The molecule has 3 aromatic rings. The number of amides is 1. The van der Waals surface area contributed by atoms with Gasteiger partial charge in [-0.1, -0.05) is 11.8 Å². The summed E-state index contributed by atoms with van der Waals surface area (Å²) in [5, 5.41) is 11.8. The van der Waals surface area contributed by atoms with Crippen LogP contribution in [-0.4, -0.2) is 41.1 Å². The monoisotopic (exact) mass is 420 g/mol. The summed E-state index contributed by atoms with van der Waals surface area (Å²) in [6.07, 6.45) is 4.32. The third-order valence-electron chi connectivity index (χ3n) is 4.04. The fraction of sp³-hybridized carbons (Fsp3) is 0.278. The first-order valence-electron chi connectivity index (χ1n) is 8.48. The van der Waals surface area contributed by atoms with E-state index in [0.29, 0.717) is 28.8 Å². The Hall–Kier alpha value is -2.59. The third-order valence-corrected chi connectivity index (χ3v) is 6.12. The Morgan fingerprint density at radius 2 is 2.07 bits per heavy atom. The zero-order chi connectivity index (χ0) is 20.3. The molecule has 2 heterocycles. The molecule has 3 rings (SSSR count). The van der Waals surface area contributed by atoms with Crippen LogP contribution >= 0.6 is 11.8 Å². The van der Waals surface area contributed by atoms with Crippen molar-refractivity contribution in [1.82, 2.24) is 14.8 Å². The number of aromatic nitrogens is 3. The molecule has 28 heavy (non-hydrogen) atoms. The van der Waals surface area contributed by atoms with Crippen LogP contribution in [0.3, 0.4) is 0 Å². The minimum Gasteiger partial charge on any atom is -0.472 e. The van der Waals surface area contributed by atoms with Gasteiger partial charge in [0.05, 0.1) is 22.5 Å². The lowest BCUT2D eigenvalue weighted by Crippen LogP contribution is -2.15. The van der Waals surface area contributed by atoms with Gasteiger partial charge < -0.3 is 14.3 Å². The van der Waals surface area contributed by atoms with Gasteiger partial charge in [0.2, 0.25) is 5.91 Å². The highest BCUT2D eigenvalue weighted by atomic mass is 32.2. The maximum absolute atomic E-state index is 12.3. The Bertz CT molecular complexity index is 1090. The number of carbonyl (C=O) groups excluding carboxylic acids is 1. The standard InChI is InChI=1S/C18H20N4O4S2/c1-4-22-17(13-7-8-26-10-13)20-21-18(22)27-11-16(23)19-15-6-5-14(9-12(15)2)28(3,24)25/h5-10H,4,11H2,1-3H3,(H,19,23). The molecule has 0 aliphatic carbocycles. The second-order valence-corrected chi connectivity index (χ2v) is 9.11. The van der Waals surface area contributed by atoms with Crippen molar-refractivity contribution in [3.05, 3.63) is 42.4 Å². The molecule has 0 bridgehead atoms. The van der Waals surface area contributed by atoms with Crippen molar-refractivity contribution in [2.24, 2.45) is 0 Å². The van der Waals surface area contributed by atoms with E-state index in [0.717, 1.165) is 11.8 Å². The molecule has 0 fully saturated rings. The average Bonchev–Trinajstić information content (AvgIpc) is 3.29. The number of anilines is 1. The molecule has 0 saturated carbocycles. The van der Waals surface area contributed by atoms with Crippen molar-refractivity contribution in [2.75, 3.05) is 17.3 Å². The van der Waals surface area contributed by atoms with E-state index in [1.54, 1.807) is 37.6 Å². The fourth-order valence-electron chi connectivity index (χ4n) is 2.61. The molecule has 2 aromatic heterocycles. The molecular weight excluding hydrogens is 400 g/mol. The van der Waals surface area contributed by atoms with E-state index in [-0.39, 0.29) is 16.6 Å². The molecule has 0 saturated heterocycles. The van der Waals surface area contributed by atoms with Gasteiger partial charge in [-0.15, -0.1) is 10.2 Å². The van der Waals surface area contributed by atoms with Crippen LogP contribution in [0.15, 0.2) is 51.3 Å². The van der Waals surface area contributed by atoms with Gasteiger partial charge in [0.1, 0.15) is 6.26 Å². The number of sulfone groups is 1. The lowest BCUT2D eigenvalue weighted by Gasteiger charge is -2.10. The van der Waals surface area contributed by atoms with Crippen LogP contribution in [0.1, 0.15) is 12.5 Å². The minimum atomic E-state index is -3.28. The van der Waals surface area contributed by atoms with Crippen molar-refractivity contribution in [1.29, 1.82) is 0 Å². The Morgan fingerprint density at radius 1 is 1.29 bits per heavy atom. The van der Waals surface area contributed by atoms with Gasteiger partial charge in [0.15, 0.2) is 20.8 Å². The van der Waals surface area contributed by atoms with E-state index < -0.39 is 9.84 Å². The molecule has 0 atom stereocenters. The van der Waals surface area contributed by atoms with Crippen LogP contribution in [0, 0.1) is 6.92 Å². The first-order valence-corrected chi connectivity index (χ1v) is 11.4. The number of rotatable bonds is 7. The quantitative estimate of drug-likeness (QED) is 0.586. The molecular formula is C18H20N4O4S2. The maximum atomic E-state index is 12.3. The van der Waals surface area contributed by atoms with E-state index in [1.165, 1.54) is 17.8 Å². The SMILES string of the molecule is CCn1c(SCC(=O)Nc2ccc(S(C)(=O)=O)cc2C)nnc1-c1ccoc1.